The number of aldehydes is 1. The Labute approximate surface area is 93.8 Å². The van der Waals surface area contributed by atoms with Crippen molar-refractivity contribution in [3.05, 3.63) is 28.8 Å². The minimum absolute atomic E-state index is 0.245. The summed E-state index contributed by atoms with van der Waals surface area (Å²) in [5, 5.41) is 0. The quantitative estimate of drug-likeness (QED) is 0.353. The van der Waals surface area contributed by atoms with Crippen LogP contribution in [0.25, 0.3) is 0 Å². The van der Waals surface area contributed by atoms with Gasteiger partial charge in [0.1, 0.15) is 0 Å². The number of hydrogen-bond acceptors (Lipinski definition) is 2. The zero-order chi connectivity index (χ0) is 12.3. The van der Waals surface area contributed by atoms with E-state index in [1.807, 2.05) is 0 Å². The molecule has 0 heterocycles. The van der Waals surface area contributed by atoms with Gasteiger partial charge in [0, 0.05) is 0 Å². The van der Waals surface area contributed by atoms with Crippen molar-refractivity contribution in [2.75, 3.05) is 5.75 Å². The standard InChI is InChI=1S/C10H8F4OS/c1-2-3-16-10-8(13)6(11)5(4-15)7(12)9(10)14/h4H,2-3H2,1H3. The molecule has 0 bridgehead atoms. The zero-order valence-corrected chi connectivity index (χ0v) is 9.14. The van der Waals surface area contributed by atoms with Crippen molar-refractivity contribution in [1.82, 2.24) is 0 Å². The third-order valence-corrected chi connectivity index (χ3v) is 3.08. The van der Waals surface area contributed by atoms with E-state index in [2.05, 4.69) is 0 Å². The molecule has 6 heteroatoms. The predicted octanol–water partition coefficient (Wildman–Crippen LogP) is 3.56. The fourth-order valence-corrected chi connectivity index (χ4v) is 1.90. The van der Waals surface area contributed by atoms with Crippen molar-refractivity contribution in [3.8, 4) is 0 Å². The van der Waals surface area contributed by atoms with Gasteiger partial charge in [-0.25, -0.2) is 17.6 Å². The fourth-order valence-electron chi connectivity index (χ4n) is 1.06. The molecule has 0 spiro atoms. The summed E-state index contributed by atoms with van der Waals surface area (Å²) < 4.78 is 52.7. The van der Waals surface area contributed by atoms with E-state index in [0.717, 1.165) is 0 Å². The lowest BCUT2D eigenvalue weighted by Crippen LogP contribution is -2.05. The van der Waals surface area contributed by atoms with Gasteiger partial charge in [-0.2, -0.15) is 0 Å². The molecule has 0 unspecified atom stereocenters. The molecule has 0 amide bonds. The van der Waals surface area contributed by atoms with Crippen LogP contribution in [0.3, 0.4) is 0 Å². The minimum Gasteiger partial charge on any atom is -0.298 e. The molecule has 1 aromatic carbocycles. The maximum absolute atomic E-state index is 13.3. The Balaban J connectivity index is 3.35. The van der Waals surface area contributed by atoms with Crippen LogP contribution in [-0.4, -0.2) is 12.0 Å². The van der Waals surface area contributed by atoms with Gasteiger partial charge in [0.05, 0.1) is 10.5 Å². The first-order chi connectivity index (χ1) is 7.54. The average molecular weight is 252 g/mol. The van der Waals surface area contributed by atoms with Crippen LogP contribution in [0.4, 0.5) is 17.6 Å². The van der Waals surface area contributed by atoms with Crippen molar-refractivity contribution in [1.29, 1.82) is 0 Å². The van der Waals surface area contributed by atoms with Gasteiger partial charge in [-0.05, 0) is 12.2 Å². The van der Waals surface area contributed by atoms with Crippen LogP contribution in [-0.2, 0) is 0 Å². The molecule has 0 N–H and O–H groups in total. The summed E-state index contributed by atoms with van der Waals surface area (Å²) in [6.07, 6.45) is 0.354. The number of benzene rings is 1. The van der Waals surface area contributed by atoms with Crippen molar-refractivity contribution >= 4 is 18.0 Å². The molecular weight excluding hydrogens is 244 g/mol. The van der Waals surface area contributed by atoms with Gasteiger partial charge in [0.25, 0.3) is 0 Å². The first kappa shape index (κ1) is 13.0. The second-order valence-corrected chi connectivity index (χ2v) is 4.07. The molecule has 0 aromatic heterocycles. The maximum Gasteiger partial charge on any atom is 0.176 e. The van der Waals surface area contributed by atoms with Gasteiger partial charge in [0.2, 0.25) is 0 Å². The lowest BCUT2D eigenvalue weighted by atomic mass is 10.2. The molecule has 0 aliphatic heterocycles. The third-order valence-electron chi connectivity index (χ3n) is 1.83. The SMILES string of the molecule is CCCSc1c(F)c(F)c(C=O)c(F)c1F. The topological polar surface area (TPSA) is 17.1 Å². The Kier molecular flexibility index (Phi) is 4.35. The molecule has 0 atom stereocenters. The molecular formula is C10H8F4OS. The molecule has 0 aliphatic carbocycles. The molecule has 0 saturated carbocycles. The van der Waals surface area contributed by atoms with E-state index < -0.39 is 33.7 Å². The van der Waals surface area contributed by atoms with Crippen LogP contribution in [0, 0.1) is 23.3 Å². The van der Waals surface area contributed by atoms with E-state index >= 15 is 0 Å². The molecule has 1 rings (SSSR count). The van der Waals surface area contributed by atoms with Gasteiger partial charge in [-0.3, -0.25) is 4.79 Å². The Morgan fingerprint density at radius 2 is 1.56 bits per heavy atom. The highest BCUT2D eigenvalue weighted by atomic mass is 32.2. The second-order valence-electron chi connectivity index (χ2n) is 2.97. The van der Waals surface area contributed by atoms with Crippen molar-refractivity contribution in [3.63, 3.8) is 0 Å². The van der Waals surface area contributed by atoms with Gasteiger partial charge in [0.15, 0.2) is 29.6 Å². The van der Waals surface area contributed by atoms with E-state index in [1.54, 1.807) is 6.92 Å². The van der Waals surface area contributed by atoms with Gasteiger partial charge in [-0.1, -0.05) is 6.92 Å². The molecule has 1 aromatic rings. The van der Waals surface area contributed by atoms with E-state index in [9.17, 15) is 22.4 Å². The smallest absolute Gasteiger partial charge is 0.176 e. The van der Waals surface area contributed by atoms with Crippen LogP contribution in [0.1, 0.15) is 23.7 Å². The largest absolute Gasteiger partial charge is 0.298 e. The summed E-state index contributed by atoms with van der Waals surface area (Å²) in [4.78, 5) is 9.54. The maximum atomic E-state index is 13.3. The van der Waals surface area contributed by atoms with Crippen LogP contribution in [0.2, 0.25) is 0 Å². The summed E-state index contributed by atoms with van der Waals surface area (Å²) in [7, 11) is 0. The van der Waals surface area contributed by atoms with Crippen molar-refractivity contribution in [2.24, 2.45) is 0 Å². The normalized spacial score (nSPS) is 10.6. The zero-order valence-electron chi connectivity index (χ0n) is 8.32. The Morgan fingerprint density at radius 1 is 1.06 bits per heavy atom. The molecule has 1 nitrogen and oxygen atoms in total. The highest BCUT2D eigenvalue weighted by Crippen LogP contribution is 2.31. The minimum atomic E-state index is -1.65. The fraction of sp³-hybridized carbons (Fsp3) is 0.300. The van der Waals surface area contributed by atoms with Crippen molar-refractivity contribution in [2.45, 2.75) is 18.2 Å². The summed E-state index contributed by atoms with van der Waals surface area (Å²) in [5.41, 5.74) is -1.21. The van der Waals surface area contributed by atoms with Gasteiger partial charge >= 0.3 is 0 Å². The Bertz CT molecular complexity index is 391. The van der Waals surface area contributed by atoms with Crippen LogP contribution < -0.4 is 0 Å². The molecule has 0 fully saturated rings. The summed E-state index contributed by atoms with van der Waals surface area (Å²) >= 11 is 0.675. The highest BCUT2D eigenvalue weighted by molar-refractivity contribution is 7.99. The van der Waals surface area contributed by atoms with E-state index in [0.29, 0.717) is 23.9 Å². The van der Waals surface area contributed by atoms with Gasteiger partial charge in [-0.15, -0.1) is 11.8 Å². The number of carbonyl (C=O) groups excluding carboxylic acids is 1. The number of rotatable bonds is 4. The number of halogens is 4. The van der Waals surface area contributed by atoms with Crippen LogP contribution >= 0.6 is 11.8 Å². The Hall–Kier alpha value is -1.04. The molecule has 16 heavy (non-hydrogen) atoms. The highest BCUT2D eigenvalue weighted by Gasteiger charge is 2.24. The first-order valence-electron chi connectivity index (χ1n) is 4.48. The lowest BCUT2D eigenvalue weighted by molar-refractivity contribution is 0.111. The first-order valence-corrected chi connectivity index (χ1v) is 5.47. The number of carbonyl (C=O) groups is 1. The molecule has 0 saturated heterocycles. The monoisotopic (exact) mass is 252 g/mol. The predicted molar refractivity (Wildman–Crippen MR) is 52.7 cm³/mol. The summed E-state index contributed by atoms with van der Waals surface area (Å²) in [6, 6.07) is 0. The van der Waals surface area contributed by atoms with E-state index in [4.69, 9.17) is 0 Å². The van der Waals surface area contributed by atoms with Crippen LogP contribution in [0.5, 0.6) is 0 Å². The molecule has 0 radical (unpaired) electrons. The van der Waals surface area contributed by atoms with E-state index in [1.165, 1.54) is 0 Å². The Morgan fingerprint density at radius 3 is 1.94 bits per heavy atom. The van der Waals surface area contributed by atoms with E-state index in [-0.39, 0.29) is 6.29 Å². The summed E-state index contributed by atoms with van der Waals surface area (Å²) in [6.45, 7) is 1.76. The third kappa shape index (κ3) is 2.21. The molecule has 88 valence electrons. The number of hydrogen-bond donors (Lipinski definition) is 0. The molecule has 0 aliphatic rings. The van der Waals surface area contributed by atoms with Crippen LogP contribution in [0.15, 0.2) is 4.90 Å². The lowest BCUT2D eigenvalue weighted by Gasteiger charge is -2.07. The van der Waals surface area contributed by atoms with Gasteiger partial charge < -0.3 is 0 Å². The van der Waals surface area contributed by atoms with Crippen molar-refractivity contribution < 1.29 is 22.4 Å². The number of thioether (sulfide) groups is 1. The average Bonchev–Trinajstić information content (AvgIpc) is 2.27. The second kappa shape index (κ2) is 5.34. The summed E-state index contributed by atoms with van der Waals surface area (Å²) in [5.74, 6) is -5.99.